The average molecular weight is 207 g/mol. The Morgan fingerprint density at radius 2 is 2.00 bits per heavy atom. The minimum absolute atomic E-state index is 0.484. The van der Waals surface area contributed by atoms with E-state index in [1.165, 1.54) is 5.56 Å². The number of benzene rings is 1. The molecule has 0 bridgehead atoms. The second-order valence-electron chi connectivity index (χ2n) is 3.12. The molecule has 0 radical (unpaired) electrons. The van der Waals surface area contributed by atoms with Gasteiger partial charge in [-0.05, 0) is 25.5 Å². The summed E-state index contributed by atoms with van der Waals surface area (Å²) in [4.78, 5) is 0.855. The first kappa shape index (κ1) is 10.9. The van der Waals surface area contributed by atoms with Crippen molar-refractivity contribution in [2.45, 2.75) is 24.7 Å². The van der Waals surface area contributed by atoms with Gasteiger partial charge in [-0.25, -0.2) is 0 Å². The molecular weight excluding hydrogens is 194 g/mol. The minimum Gasteiger partial charge on any atom is -0.254 e. The fourth-order valence-corrected chi connectivity index (χ4v) is 2.17. The first-order valence-corrected chi connectivity index (χ1v) is 5.88. The van der Waals surface area contributed by atoms with Crippen LogP contribution in [0.15, 0.2) is 29.2 Å². The number of nitriles is 1. The Morgan fingerprint density at radius 3 is 2.57 bits per heavy atom. The number of rotatable bonds is 4. The van der Waals surface area contributed by atoms with Gasteiger partial charge in [-0.15, -0.1) is 0 Å². The smallest absolute Gasteiger partial charge is 0.0622 e. The standard InChI is InChI=1S/C11H13NOS/c1-10-4-6-11(7-5-10)14(13)9-3-2-8-12/h4-7H,2-3,9H2,1H3. The van der Waals surface area contributed by atoms with E-state index in [0.717, 1.165) is 4.90 Å². The van der Waals surface area contributed by atoms with E-state index in [9.17, 15) is 4.21 Å². The van der Waals surface area contributed by atoms with E-state index >= 15 is 0 Å². The molecule has 0 saturated carbocycles. The fourth-order valence-electron chi connectivity index (χ4n) is 1.09. The van der Waals surface area contributed by atoms with Gasteiger partial charge in [0.1, 0.15) is 0 Å². The van der Waals surface area contributed by atoms with Crippen molar-refractivity contribution in [2.24, 2.45) is 0 Å². The molecular formula is C11H13NOS. The van der Waals surface area contributed by atoms with Crippen LogP contribution >= 0.6 is 0 Å². The fraction of sp³-hybridized carbons (Fsp3) is 0.364. The lowest BCUT2D eigenvalue weighted by Gasteiger charge is -2.00. The first-order valence-electron chi connectivity index (χ1n) is 4.56. The van der Waals surface area contributed by atoms with Crippen LogP contribution in [0.25, 0.3) is 0 Å². The second kappa shape index (κ2) is 5.56. The molecule has 2 nitrogen and oxygen atoms in total. The molecule has 1 aromatic rings. The molecule has 0 aliphatic rings. The van der Waals surface area contributed by atoms with Gasteiger partial charge in [-0.3, -0.25) is 4.21 Å². The Bertz CT molecular complexity index is 351. The molecule has 0 aliphatic heterocycles. The summed E-state index contributed by atoms with van der Waals surface area (Å²) in [6, 6.07) is 9.73. The Labute approximate surface area is 87.0 Å². The van der Waals surface area contributed by atoms with Gasteiger partial charge in [-0.2, -0.15) is 5.26 Å². The summed E-state index contributed by atoms with van der Waals surface area (Å²) in [7, 11) is -0.944. The summed E-state index contributed by atoms with van der Waals surface area (Å²) < 4.78 is 11.6. The van der Waals surface area contributed by atoms with Gasteiger partial charge in [0.05, 0.1) is 16.9 Å². The van der Waals surface area contributed by atoms with E-state index in [4.69, 9.17) is 5.26 Å². The quantitative estimate of drug-likeness (QED) is 0.711. The first-order chi connectivity index (χ1) is 6.74. The highest BCUT2D eigenvalue weighted by Crippen LogP contribution is 2.09. The molecule has 3 heteroatoms. The molecule has 0 N–H and O–H groups in total. The third kappa shape index (κ3) is 3.31. The van der Waals surface area contributed by atoms with Crippen LogP contribution in [-0.2, 0) is 10.8 Å². The van der Waals surface area contributed by atoms with E-state index in [2.05, 4.69) is 0 Å². The van der Waals surface area contributed by atoms with Crippen molar-refractivity contribution in [1.82, 2.24) is 0 Å². The lowest BCUT2D eigenvalue weighted by molar-refractivity contribution is 0.681. The van der Waals surface area contributed by atoms with E-state index in [-0.39, 0.29) is 0 Å². The summed E-state index contributed by atoms with van der Waals surface area (Å²) in [6.07, 6.45) is 1.19. The molecule has 0 aromatic heterocycles. The zero-order chi connectivity index (χ0) is 10.4. The van der Waals surface area contributed by atoms with E-state index in [0.29, 0.717) is 18.6 Å². The molecule has 1 rings (SSSR count). The summed E-state index contributed by atoms with van der Waals surface area (Å²) in [5, 5.41) is 8.34. The van der Waals surface area contributed by atoms with E-state index in [1.807, 2.05) is 37.3 Å². The van der Waals surface area contributed by atoms with Crippen molar-refractivity contribution in [3.05, 3.63) is 29.8 Å². The Balaban J connectivity index is 2.53. The molecule has 0 amide bonds. The molecule has 74 valence electrons. The third-order valence-corrected chi connectivity index (χ3v) is 3.36. The predicted molar refractivity (Wildman–Crippen MR) is 57.3 cm³/mol. The largest absolute Gasteiger partial charge is 0.254 e. The maximum Gasteiger partial charge on any atom is 0.0622 e. The lowest BCUT2D eigenvalue weighted by Crippen LogP contribution is -1.97. The topological polar surface area (TPSA) is 40.9 Å². The number of aryl methyl sites for hydroxylation is 1. The molecule has 1 unspecified atom stereocenters. The monoisotopic (exact) mass is 207 g/mol. The van der Waals surface area contributed by atoms with Crippen LogP contribution in [0.2, 0.25) is 0 Å². The number of nitrogens with zero attached hydrogens (tertiary/aromatic N) is 1. The number of unbranched alkanes of at least 4 members (excludes halogenated alkanes) is 1. The lowest BCUT2D eigenvalue weighted by atomic mass is 10.2. The Morgan fingerprint density at radius 1 is 1.36 bits per heavy atom. The van der Waals surface area contributed by atoms with E-state index in [1.54, 1.807) is 0 Å². The normalized spacial score (nSPS) is 12.0. The Hall–Kier alpha value is -1.14. The van der Waals surface area contributed by atoms with Crippen LogP contribution in [0.1, 0.15) is 18.4 Å². The third-order valence-electron chi connectivity index (χ3n) is 1.90. The molecule has 1 aromatic carbocycles. The van der Waals surface area contributed by atoms with Crippen LogP contribution in [0.4, 0.5) is 0 Å². The zero-order valence-electron chi connectivity index (χ0n) is 8.19. The molecule has 0 aliphatic carbocycles. The van der Waals surface area contributed by atoms with Crippen molar-refractivity contribution >= 4 is 10.8 Å². The van der Waals surface area contributed by atoms with Gasteiger partial charge < -0.3 is 0 Å². The molecule has 0 spiro atoms. The van der Waals surface area contributed by atoms with E-state index < -0.39 is 10.8 Å². The molecule has 0 saturated heterocycles. The van der Waals surface area contributed by atoms with Gasteiger partial charge in [-0.1, -0.05) is 17.7 Å². The van der Waals surface area contributed by atoms with Crippen molar-refractivity contribution in [2.75, 3.05) is 5.75 Å². The highest BCUT2D eigenvalue weighted by Gasteiger charge is 2.02. The molecule has 14 heavy (non-hydrogen) atoms. The summed E-state index contributed by atoms with van der Waals surface area (Å²) >= 11 is 0. The molecule has 1 atom stereocenters. The average Bonchev–Trinajstić information content (AvgIpc) is 2.19. The van der Waals surface area contributed by atoms with Gasteiger partial charge in [0, 0.05) is 17.1 Å². The zero-order valence-corrected chi connectivity index (χ0v) is 9.01. The van der Waals surface area contributed by atoms with Crippen molar-refractivity contribution in [3.63, 3.8) is 0 Å². The van der Waals surface area contributed by atoms with Gasteiger partial charge in [0.15, 0.2) is 0 Å². The van der Waals surface area contributed by atoms with Crippen LogP contribution in [0.3, 0.4) is 0 Å². The number of hydrogen-bond acceptors (Lipinski definition) is 2. The summed E-state index contributed by atoms with van der Waals surface area (Å²) in [6.45, 7) is 2.00. The highest BCUT2D eigenvalue weighted by molar-refractivity contribution is 7.85. The van der Waals surface area contributed by atoms with Gasteiger partial charge in [0.2, 0.25) is 0 Å². The van der Waals surface area contributed by atoms with Gasteiger partial charge >= 0.3 is 0 Å². The van der Waals surface area contributed by atoms with Crippen molar-refractivity contribution in [3.8, 4) is 6.07 Å². The maximum absolute atomic E-state index is 11.6. The molecule has 0 fully saturated rings. The second-order valence-corrected chi connectivity index (χ2v) is 4.70. The summed E-state index contributed by atoms with van der Waals surface area (Å²) in [5.74, 6) is 0.580. The van der Waals surface area contributed by atoms with Crippen molar-refractivity contribution < 1.29 is 4.21 Å². The van der Waals surface area contributed by atoms with Crippen molar-refractivity contribution in [1.29, 1.82) is 5.26 Å². The Kier molecular flexibility index (Phi) is 4.34. The van der Waals surface area contributed by atoms with Crippen LogP contribution in [0, 0.1) is 18.3 Å². The maximum atomic E-state index is 11.6. The SMILES string of the molecule is Cc1ccc(S(=O)CCCC#N)cc1. The minimum atomic E-state index is -0.944. The summed E-state index contributed by atoms with van der Waals surface area (Å²) in [5.41, 5.74) is 1.17. The van der Waals surface area contributed by atoms with Crippen LogP contribution in [-0.4, -0.2) is 9.96 Å². The highest BCUT2D eigenvalue weighted by atomic mass is 32.2. The predicted octanol–water partition coefficient (Wildman–Crippen LogP) is 2.41. The molecule has 0 heterocycles. The van der Waals surface area contributed by atoms with Crippen LogP contribution in [0.5, 0.6) is 0 Å². The number of hydrogen-bond donors (Lipinski definition) is 0. The van der Waals surface area contributed by atoms with Crippen LogP contribution < -0.4 is 0 Å². The van der Waals surface area contributed by atoms with Gasteiger partial charge in [0.25, 0.3) is 0 Å².